The summed E-state index contributed by atoms with van der Waals surface area (Å²) in [4.78, 5) is 4.37. The minimum absolute atomic E-state index is 0.165. The van der Waals surface area contributed by atoms with Gasteiger partial charge in [-0.15, -0.1) is 10.2 Å². The Balaban J connectivity index is 1.65. The Kier molecular flexibility index (Phi) is 4.41. The van der Waals surface area contributed by atoms with E-state index in [1.807, 2.05) is 32.9 Å². The number of nitrogens with zero attached hydrogens (tertiary/aromatic N) is 4. The Morgan fingerprint density at radius 2 is 1.87 bits per heavy atom. The molecule has 0 atom stereocenters. The molecule has 2 heterocycles. The first-order valence-electron chi connectivity index (χ1n) is 6.97. The van der Waals surface area contributed by atoms with Gasteiger partial charge >= 0.3 is 0 Å². The van der Waals surface area contributed by atoms with Gasteiger partial charge in [0.25, 0.3) is 5.22 Å². The Labute approximate surface area is 142 Å². The van der Waals surface area contributed by atoms with Gasteiger partial charge in [-0.2, -0.15) is 4.98 Å². The predicted molar refractivity (Wildman–Crippen MR) is 87.3 cm³/mol. The molecular weight excluding hydrogens is 336 g/mol. The highest BCUT2D eigenvalue weighted by molar-refractivity contribution is 7.98. The van der Waals surface area contributed by atoms with Crippen molar-refractivity contribution in [1.82, 2.24) is 20.3 Å². The van der Waals surface area contributed by atoms with Gasteiger partial charge in [0.05, 0.1) is 5.75 Å². The van der Waals surface area contributed by atoms with Crippen LogP contribution in [0.25, 0.3) is 11.5 Å². The Morgan fingerprint density at radius 1 is 1.13 bits per heavy atom. The molecule has 0 aliphatic heterocycles. The summed E-state index contributed by atoms with van der Waals surface area (Å²) in [5.41, 5.74) is 0.658. The maximum atomic E-state index is 5.86. The standard InChI is InChI=1S/C15H15ClN4O2S/c1-15(2,3)13-17-11(20-22-13)8-23-14-19-18-12(21-14)9-4-6-10(16)7-5-9/h4-7H,8H2,1-3H3. The molecule has 0 bridgehead atoms. The van der Waals surface area contributed by atoms with Crippen molar-refractivity contribution in [3.05, 3.63) is 41.0 Å². The zero-order valence-corrected chi connectivity index (χ0v) is 14.5. The topological polar surface area (TPSA) is 77.8 Å². The van der Waals surface area contributed by atoms with Gasteiger partial charge in [0.2, 0.25) is 11.8 Å². The first-order chi connectivity index (χ1) is 10.9. The van der Waals surface area contributed by atoms with Crippen LogP contribution >= 0.6 is 23.4 Å². The molecule has 0 saturated heterocycles. The first-order valence-corrected chi connectivity index (χ1v) is 8.33. The summed E-state index contributed by atoms with van der Waals surface area (Å²) in [6, 6.07) is 7.22. The third kappa shape index (κ3) is 3.92. The average molecular weight is 351 g/mol. The Hall–Kier alpha value is -1.86. The molecule has 0 saturated carbocycles. The van der Waals surface area contributed by atoms with Crippen molar-refractivity contribution < 1.29 is 8.94 Å². The molecule has 2 aromatic heterocycles. The van der Waals surface area contributed by atoms with E-state index in [4.69, 9.17) is 20.5 Å². The first kappa shape index (κ1) is 16.0. The van der Waals surface area contributed by atoms with Crippen molar-refractivity contribution in [3.8, 4) is 11.5 Å². The van der Waals surface area contributed by atoms with E-state index in [0.717, 1.165) is 5.56 Å². The third-order valence-corrected chi connectivity index (χ3v) is 4.00. The number of aromatic nitrogens is 4. The quantitative estimate of drug-likeness (QED) is 0.646. The fourth-order valence-electron chi connectivity index (χ4n) is 1.72. The van der Waals surface area contributed by atoms with Crippen LogP contribution < -0.4 is 0 Å². The fraction of sp³-hybridized carbons (Fsp3) is 0.333. The zero-order chi connectivity index (χ0) is 16.4. The summed E-state index contributed by atoms with van der Waals surface area (Å²) in [6.45, 7) is 6.06. The van der Waals surface area contributed by atoms with Crippen LogP contribution in [0, 0.1) is 0 Å². The molecule has 0 radical (unpaired) electrons. The van der Waals surface area contributed by atoms with E-state index in [-0.39, 0.29) is 5.41 Å². The summed E-state index contributed by atoms with van der Waals surface area (Å²) in [5.74, 6) is 2.17. The second kappa shape index (κ2) is 6.33. The van der Waals surface area contributed by atoms with Crippen LogP contribution in [0.3, 0.4) is 0 Å². The van der Waals surface area contributed by atoms with Crippen molar-refractivity contribution in [3.63, 3.8) is 0 Å². The van der Waals surface area contributed by atoms with Gasteiger partial charge < -0.3 is 8.94 Å². The average Bonchev–Trinajstić information content (AvgIpc) is 3.15. The molecule has 0 unspecified atom stereocenters. The lowest BCUT2D eigenvalue weighted by atomic mass is 9.97. The van der Waals surface area contributed by atoms with Crippen LogP contribution in [0.1, 0.15) is 32.5 Å². The van der Waals surface area contributed by atoms with E-state index in [1.54, 1.807) is 12.1 Å². The minimum Gasteiger partial charge on any atom is -0.411 e. The fourth-order valence-corrected chi connectivity index (χ4v) is 2.45. The summed E-state index contributed by atoms with van der Waals surface area (Å²) in [7, 11) is 0. The normalized spacial score (nSPS) is 11.8. The van der Waals surface area contributed by atoms with Crippen LogP contribution in [0.4, 0.5) is 0 Å². The largest absolute Gasteiger partial charge is 0.411 e. The van der Waals surface area contributed by atoms with E-state index in [1.165, 1.54) is 11.8 Å². The van der Waals surface area contributed by atoms with Crippen LogP contribution in [-0.4, -0.2) is 20.3 Å². The summed E-state index contributed by atoms with van der Waals surface area (Å²) < 4.78 is 10.9. The summed E-state index contributed by atoms with van der Waals surface area (Å²) in [6.07, 6.45) is 0. The van der Waals surface area contributed by atoms with E-state index < -0.39 is 0 Å². The van der Waals surface area contributed by atoms with Crippen molar-refractivity contribution in [2.45, 2.75) is 37.2 Å². The van der Waals surface area contributed by atoms with E-state index >= 15 is 0 Å². The molecule has 0 spiro atoms. The van der Waals surface area contributed by atoms with Crippen molar-refractivity contribution >= 4 is 23.4 Å². The number of halogens is 1. The second-order valence-electron chi connectivity index (χ2n) is 5.93. The lowest BCUT2D eigenvalue weighted by Crippen LogP contribution is -2.11. The molecule has 6 nitrogen and oxygen atoms in total. The zero-order valence-electron chi connectivity index (χ0n) is 12.9. The lowest BCUT2D eigenvalue weighted by Gasteiger charge is -2.10. The molecule has 0 aliphatic carbocycles. The maximum absolute atomic E-state index is 5.86. The molecule has 8 heteroatoms. The van der Waals surface area contributed by atoms with Crippen LogP contribution in [0.5, 0.6) is 0 Å². The van der Waals surface area contributed by atoms with E-state index in [9.17, 15) is 0 Å². The molecular formula is C15H15ClN4O2S. The number of rotatable bonds is 4. The molecule has 23 heavy (non-hydrogen) atoms. The number of thioether (sulfide) groups is 1. The van der Waals surface area contributed by atoms with Gasteiger partial charge in [0.1, 0.15) is 0 Å². The molecule has 0 fully saturated rings. The monoisotopic (exact) mass is 350 g/mol. The smallest absolute Gasteiger partial charge is 0.277 e. The molecule has 0 amide bonds. The number of benzene rings is 1. The van der Waals surface area contributed by atoms with Crippen LogP contribution in [0.2, 0.25) is 5.02 Å². The van der Waals surface area contributed by atoms with Gasteiger partial charge in [0.15, 0.2) is 5.82 Å². The molecule has 0 N–H and O–H groups in total. The highest BCUT2D eigenvalue weighted by Gasteiger charge is 2.22. The molecule has 0 aliphatic rings. The SMILES string of the molecule is CC(C)(C)c1nc(CSc2nnc(-c3ccc(Cl)cc3)o2)no1. The Bertz CT molecular complexity index is 792. The Morgan fingerprint density at radius 3 is 2.52 bits per heavy atom. The van der Waals surface area contributed by atoms with Crippen LogP contribution in [0.15, 0.2) is 38.4 Å². The van der Waals surface area contributed by atoms with Gasteiger partial charge in [-0.25, -0.2) is 0 Å². The van der Waals surface area contributed by atoms with Gasteiger partial charge in [-0.05, 0) is 24.3 Å². The second-order valence-corrected chi connectivity index (χ2v) is 7.30. The van der Waals surface area contributed by atoms with Gasteiger partial charge in [-0.3, -0.25) is 0 Å². The van der Waals surface area contributed by atoms with E-state index in [2.05, 4.69) is 20.3 Å². The van der Waals surface area contributed by atoms with Gasteiger partial charge in [-0.1, -0.05) is 49.3 Å². The summed E-state index contributed by atoms with van der Waals surface area (Å²) in [5, 5.41) is 13.1. The lowest BCUT2D eigenvalue weighted by molar-refractivity contribution is 0.319. The molecule has 120 valence electrons. The maximum Gasteiger partial charge on any atom is 0.277 e. The highest BCUT2D eigenvalue weighted by atomic mass is 35.5. The van der Waals surface area contributed by atoms with Crippen LogP contribution in [-0.2, 0) is 11.2 Å². The third-order valence-electron chi connectivity index (χ3n) is 2.93. The van der Waals surface area contributed by atoms with E-state index in [0.29, 0.717) is 33.6 Å². The number of hydrogen-bond acceptors (Lipinski definition) is 7. The molecule has 1 aromatic carbocycles. The molecule has 3 rings (SSSR count). The predicted octanol–water partition coefficient (Wildman–Crippen LogP) is 4.36. The minimum atomic E-state index is -0.165. The van der Waals surface area contributed by atoms with Crippen molar-refractivity contribution in [2.75, 3.05) is 0 Å². The van der Waals surface area contributed by atoms with Crippen molar-refractivity contribution in [1.29, 1.82) is 0 Å². The summed E-state index contributed by atoms with van der Waals surface area (Å²) >= 11 is 7.23. The number of hydrogen-bond donors (Lipinski definition) is 0. The highest BCUT2D eigenvalue weighted by Crippen LogP contribution is 2.27. The molecule has 3 aromatic rings. The van der Waals surface area contributed by atoms with Gasteiger partial charge in [0, 0.05) is 16.0 Å². The van der Waals surface area contributed by atoms with Crippen molar-refractivity contribution in [2.24, 2.45) is 0 Å².